The van der Waals surface area contributed by atoms with Gasteiger partial charge in [0, 0.05) is 47.2 Å². The van der Waals surface area contributed by atoms with Crippen LogP contribution in [0.15, 0.2) is 24.3 Å². The minimum Gasteiger partial charge on any atom is -0.351 e. The predicted octanol–water partition coefficient (Wildman–Crippen LogP) is 1.91. The van der Waals surface area contributed by atoms with Crippen molar-refractivity contribution in [3.63, 3.8) is 0 Å². The lowest BCUT2D eigenvalue weighted by molar-refractivity contribution is -0.109. The molecule has 0 heterocycles. The first kappa shape index (κ1) is 29.6. The maximum atomic E-state index is 12.2. The van der Waals surface area contributed by atoms with Crippen LogP contribution in [0.25, 0.3) is 0 Å². The molecule has 2 amide bonds. The second-order valence-electron chi connectivity index (χ2n) is 5.99. The Morgan fingerprint density at radius 3 is 1.47 bits per heavy atom. The molecule has 178 valence electrons. The fraction of sp³-hybridized carbons (Fsp3) is 0.444. The van der Waals surface area contributed by atoms with Crippen LogP contribution in [-0.2, 0) is 9.59 Å². The lowest BCUT2D eigenvalue weighted by Gasteiger charge is -2.09. The average molecular weight is 555 g/mol. The molecule has 14 heteroatoms. The topological polar surface area (TPSA) is 116 Å². The average Bonchev–Trinajstić information content (AvgIpc) is 2.83. The maximum Gasteiger partial charge on any atom is 0.251 e. The van der Waals surface area contributed by atoms with Gasteiger partial charge in [-0.05, 0) is 46.2 Å². The molecule has 0 fully saturated rings. The van der Waals surface area contributed by atoms with Crippen molar-refractivity contribution < 1.29 is 19.2 Å². The van der Waals surface area contributed by atoms with Crippen LogP contribution in [0.4, 0.5) is 0 Å². The summed E-state index contributed by atoms with van der Waals surface area (Å²) in [5, 5.41) is 5.62. The summed E-state index contributed by atoms with van der Waals surface area (Å²) < 4.78 is 5.91. The fourth-order valence-electron chi connectivity index (χ4n) is 1.88. The van der Waals surface area contributed by atoms with Crippen LogP contribution in [0, 0.1) is 0 Å². The number of thiol groups is 2. The summed E-state index contributed by atoms with van der Waals surface area (Å²) in [4.78, 5) is 45.7. The molecule has 1 aromatic rings. The minimum absolute atomic E-state index is 0.215. The smallest absolute Gasteiger partial charge is 0.251 e. The van der Waals surface area contributed by atoms with Crippen LogP contribution in [0.5, 0.6) is 0 Å². The zero-order chi connectivity index (χ0) is 23.6. The first-order valence-electron chi connectivity index (χ1n) is 9.42. The van der Waals surface area contributed by atoms with Crippen LogP contribution in [-0.4, -0.2) is 72.6 Å². The second-order valence-corrected chi connectivity index (χ2v) is 11.2. The number of carbonyl (C=O) groups excluding carboxylic acids is 4. The second kappa shape index (κ2) is 18.9. The molecule has 32 heavy (non-hydrogen) atoms. The Labute approximate surface area is 215 Å². The molecule has 0 saturated carbocycles. The molecule has 4 N–H and O–H groups in total. The van der Waals surface area contributed by atoms with Gasteiger partial charge in [-0.25, -0.2) is 9.44 Å². The van der Waals surface area contributed by atoms with Gasteiger partial charge < -0.3 is 20.2 Å². The van der Waals surface area contributed by atoms with E-state index in [1.54, 1.807) is 24.3 Å². The number of nitrogens with one attached hydrogen (secondary N) is 4. The van der Waals surface area contributed by atoms with Gasteiger partial charge in [-0.15, -0.1) is 0 Å². The summed E-state index contributed by atoms with van der Waals surface area (Å²) in [6, 6.07) is 5.85. The van der Waals surface area contributed by atoms with E-state index >= 15 is 0 Å². The highest BCUT2D eigenvalue weighted by Crippen LogP contribution is 2.17. The molecular weight excluding hydrogens is 529 g/mol. The molecule has 1 aromatic carbocycles. The number of carbonyl (C=O) groups is 4. The van der Waals surface area contributed by atoms with Gasteiger partial charge in [0.25, 0.3) is 11.8 Å². The van der Waals surface area contributed by atoms with E-state index < -0.39 is 0 Å². The molecule has 8 nitrogen and oxygen atoms in total. The molecule has 0 aliphatic rings. The zero-order valence-electron chi connectivity index (χ0n) is 17.0. The normalized spacial score (nSPS) is 12.6. The number of aldehydes is 2. The van der Waals surface area contributed by atoms with E-state index in [1.807, 2.05) is 0 Å². The first-order chi connectivity index (χ1) is 15.5. The molecule has 0 saturated heterocycles. The number of hydrogen-bond donors (Lipinski definition) is 6. The van der Waals surface area contributed by atoms with Crippen LogP contribution in [0.3, 0.4) is 0 Å². The van der Waals surface area contributed by atoms with Crippen LogP contribution in [0.2, 0.25) is 0 Å². The van der Waals surface area contributed by atoms with E-state index in [9.17, 15) is 19.2 Å². The molecule has 1 rings (SSSR count). The molecule has 0 aliphatic carbocycles. The third-order valence-corrected chi connectivity index (χ3v) is 8.44. The predicted molar refractivity (Wildman–Crippen MR) is 145 cm³/mol. The summed E-state index contributed by atoms with van der Waals surface area (Å²) in [6.45, 7) is 0.943. The van der Waals surface area contributed by atoms with Gasteiger partial charge in [-0.1, -0.05) is 21.6 Å². The summed E-state index contributed by atoms with van der Waals surface area (Å²) in [7, 11) is 5.67. The zero-order valence-corrected chi connectivity index (χ0v) is 22.1. The molecule has 0 spiro atoms. The molecule has 0 aromatic heterocycles. The first-order valence-corrected chi connectivity index (χ1v) is 15.3. The largest absolute Gasteiger partial charge is 0.351 e. The summed E-state index contributed by atoms with van der Waals surface area (Å²) in [5.74, 6) is 1.75. The van der Waals surface area contributed by atoms with Crippen LogP contribution in [0.1, 0.15) is 20.7 Å². The number of benzene rings is 1. The monoisotopic (exact) mass is 554 g/mol. The van der Waals surface area contributed by atoms with Crippen molar-refractivity contribution in [1.82, 2.24) is 20.1 Å². The van der Waals surface area contributed by atoms with Crippen molar-refractivity contribution in [2.45, 2.75) is 12.1 Å². The van der Waals surface area contributed by atoms with Crippen molar-refractivity contribution in [3.8, 4) is 0 Å². The van der Waals surface area contributed by atoms with E-state index in [0.717, 1.165) is 12.6 Å². The van der Waals surface area contributed by atoms with Gasteiger partial charge >= 0.3 is 0 Å². The van der Waals surface area contributed by atoms with Gasteiger partial charge in [0.15, 0.2) is 0 Å². The van der Waals surface area contributed by atoms with Crippen LogP contribution < -0.4 is 20.1 Å². The minimum atomic E-state index is -0.296. The van der Waals surface area contributed by atoms with Crippen molar-refractivity contribution >= 4 is 93.2 Å². The van der Waals surface area contributed by atoms with E-state index in [-0.39, 0.29) is 23.9 Å². The lowest BCUT2D eigenvalue weighted by Crippen LogP contribution is -2.28. The number of hydrogen-bond acceptors (Lipinski definition) is 12. The third kappa shape index (κ3) is 12.7. The fourth-order valence-corrected chi connectivity index (χ4v) is 5.83. The Bertz CT molecular complexity index is 654. The number of rotatable bonds is 18. The summed E-state index contributed by atoms with van der Waals surface area (Å²) in [6.07, 6.45) is 1.61. The molecule has 2 atom stereocenters. The highest BCUT2D eigenvalue weighted by Gasteiger charge is 2.09. The highest BCUT2D eigenvalue weighted by molar-refractivity contribution is 8.76. The SMILES string of the molecule is O=C[C@H](CS)NSSCCNC(=O)c1ccc(C(=O)NCCSSN[C@H](C=O)CS)cc1. The molecule has 0 aliphatic heterocycles. The Morgan fingerprint density at radius 1 is 0.781 bits per heavy atom. The van der Waals surface area contributed by atoms with Crippen molar-refractivity contribution in [2.24, 2.45) is 0 Å². The van der Waals surface area contributed by atoms with E-state index in [1.165, 1.54) is 43.5 Å². The Kier molecular flexibility index (Phi) is 17.4. The van der Waals surface area contributed by atoms with Crippen molar-refractivity contribution in [2.75, 3.05) is 36.1 Å². The number of amides is 2. The van der Waals surface area contributed by atoms with E-state index in [0.29, 0.717) is 47.2 Å². The van der Waals surface area contributed by atoms with E-state index in [4.69, 9.17) is 0 Å². The van der Waals surface area contributed by atoms with E-state index in [2.05, 4.69) is 45.3 Å². The van der Waals surface area contributed by atoms with Crippen LogP contribution >= 0.6 is 68.8 Å². The van der Waals surface area contributed by atoms with Gasteiger partial charge in [0.2, 0.25) is 0 Å². The standard InChI is InChI=1S/C18H26N4O4S6/c23-9-15(11-27)21-31-29-7-5-19-17(25)13-1-2-14(4-3-13)18(26)20-6-8-30-32-22-16(10-24)12-28/h1-4,9-10,15-16,21-22,27-28H,5-8,11-12H2,(H,19,25)(H,20,26)/t15-,16-/m1/s1. The Hall–Kier alpha value is -0.480. The van der Waals surface area contributed by atoms with Crippen molar-refractivity contribution in [1.29, 1.82) is 0 Å². The van der Waals surface area contributed by atoms with Gasteiger partial charge in [-0.3, -0.25) is 9.59 Å². The van der Waals surface area contributed by atoms with Gasteiger partial charge in [0.1, 0.15) is 12.6 Å². The summed E-state index contributed by atoms with van der Waals surface area (Å²) in [5.41, 5.74) is 0.945. The molecule has 0 bridgehead atoms. The maximum absolute atomic E-state index is 12.2. The summed E-state index contributed by atoms with van der Waals surface area (Å²) >= 11 is 8.11. The van der Waals surface area contributed by atoms with Gasteiger partial charge in [0.05, 0.1) is 12.1 Å². The quantitative estimate of drug-likeness (QED) is 0.0529. The highest BCUT2D eigenvalue weighted by atomic mass is 33.1. The van der Waals surface area contributed by atoms with Crippen molar-refractivity contribution in [3.05, 3.63) is 35.4 Å². The third-order valence-electron chi connectivity index (χ3n) is 3.59. The molecule has 0 unspecified atom stereocenters. The lowest BCUT2D eigenvalue weighted by atomic mass is 10.1. The Morgan fingerprint density at radius 2 is 1.16 bits per heavy atom. The molecular formula is C18H26N4O4S6. The van der Waals surface area contributed by atoms with Gasteiger partial charge in [-0.2, -0.15) is 25.3 Å². The Balaban J connectivity index is 2.22. The molecule has 0 radical (unpaired) electrons.